The molecule has 0 aliphatic heterocycles. The highest BCUT2D eigenvalue weighted by atomic mass is 16.5. The van der Waals surface area contributed by atoms with Gasteiger partial charge in [0.1, 0.15) is 0 Å². The summed E-state index contributed by atoms with van der Waals surface area (Å²) in [6, 6.07) is 0. The summed E-state index contributed by atoms with van der Waals surface area (Å²) < 4.78 is 10.1. The van der Waals surface area contributed by atoms with Crippen molar-refractivity contribution in [1.29, 1.82) is 0 Å². The van der Waals surface area contributed by atoms with Crippen molar-refractivity contribution < 1.29 is 19.1 Å². The maximum atomic E-state index is 11.3. The van der Waals surface area contributed by atoms with Gasteiger partial charge in [0.15, 0.2) is 0 Å². The van der Waals surface area contributed by atoms with E-state index in [-0.39, 0.29) is 11.9 Å². The highest BCUT2D eigenvalue weighted by Gasteiger charge is 2.01. The minimum atomic E-state index is -0.0712. The van der Waals surface area contributed by atoms with Crippen LogP contribution in [0.2, 0.25) is 0 Å². The maximum absolute atomic E-state index is 11.3. The summed E-state index contributed by atoms with van der Waals surface area (Å²) in [6.45, 7) is 5.11. The zero-order valence-electron chi connectivity index (χ0n) is 17.1. The van der Waals surface area contributed by atoms with Gasteiger partial charge in [0.2, 0.25) is 0 Å². The number of hydrogen-bond donors (Lipinski definition) is 0. The first-order valence-electron chi connectivity index (χ1n) is 10.7. The van der Waals surface area contributed by atoms with Crippen LogP contribution in [0, 0.1) is 0 Å². The third kappa shape index (κ3) is 19.0. The fraction of sp³-hybridized carbons (Fsp3) is 0.818. The second-order valence-electron chi connectivity index (χ2n) is 6.82. The van der Waals surface area contributed by atoms with Gasteiger partial charge in [0.25, 0.3) is 0 Å². The molecule has 4 heteroatoms. The molecular formula is C22H40O4. The second-order valence-corrected chi connectivity index (χ2v) is 6.82. The predicted octanol–water partition coefficient (Wildman–Crippen LogP) is 6.13. The lowest BCUT2D eigenvalue weighted by Crippen LogP contribution is -2.04. The molecule has 0 heterocycles. The van der Waals surface area contributed by atoms with Crippen molar-refractivity contribution >= 4 is 11.9 Å². The van der Waals surface area contributed by atoms with Crippen LogP contribution in [-0.4, -0.2) is 25.2 Å². The Morgan fingerprint density at radius 3 is 1.58 bits per heavy atom. The lowest BCUT2D eigenvalue weighted by atomic mass is 10.1. The fourth-order valence-electron chi connectivity index (χ4n) is 2.59. The van der Waals surface area contributed by atoms with Crippen molar-refractivity contribution in [2.75, 3.05) is 13.2 Å². The van der Waals surface area contributed by atoms with E-state index >= 15 is 0 Å². The van der Waals surface area contributed by atoms with Crippen LogP contribution < -0.4 is 0 Å². The Morgan fingerprint density at radius 1 is 0.615 bits per heavy atom. The molecule has 0 aromatic heterocycles. The molecule has 0 aliphatic carbocycles. The van der Waals surface area contributed by atoms with Crippen LogP contribution in [0.3, 0.4) is 0 Å². The predicted molar refractivity (Wildman–Crippen MR) is 107 cm³/mol. The standard InChI is InChI=1S/C22H40O4/c1-3-19-25-21(23)17-15-13-11-9-7-5-6-8-10-12-14-16-18-22(24)26-20-4-2/h9,11H,3-8,10,12-20H2,1-2H3/b11-9+. The van der Waals surface area contributed by atoms with Crippen LogP contribution in [0.4, 0.5) is 0 Å². The van der Waals surface area contributed by atoms with Gasteiger partial charge in [-0.3, -0.25) is 9.59 Å². The summed E-state index contributed by atoms with van der Waals surface area (Å²) in [4.78, 5) is 22.6. The Labute approximate surface area is 160 Å². The maximum Gasteiger partial charge on any atom is 0.305 e. The van der Waals surface area contributed by atoms with E-state index < -0.39 is 0 Å². The highest BCUT2D eigenvalue weighted by molar-refractivity contribution is 5.69. The first-order valence-corrected chi connectivity index (χ1v) is 10.7. The van der Waals surface area contributed by atoms with Crippen molar-refractivity contribution in [3.8, 4) is 0 Å². The van der Waals surface area contributed by atoms with Gasteiger partial charge in [0.05, 0.1) is 13.2 Å². The number of carbonyl (C=O) groups excluding carboxylic acids is 2. The van der Waals surface area contributed by atoms with E-state index in [1.54, 1.807) is 0 Å². The second kappa shape index (κ2) is 20.0. The Bertz CT molecular complexity index is 363. The zero-order chi connectivity index (χ0) is 19.3. The minimum Gasteiger partial charge on any atom is -0.466 e. The number of allylic oxidation sites excluding steroid dienone is 2. The summed E-state index contributed by atoms with van der Waals surface area (Å²) in [5.74, 6) is -0.116. The number of hydrogen-bond acceptors (Lipinski definition) is 4. The normalized spacial score (nSPS) is 11.0. The molecule has 0 aliphatic rings. The molecule has 0 fully saturated rings. The van der Waals surface area contributed by atoms with Gasteiger partial charge in [-0.15, -0.1) is 0 Å². The third-order valence-electron chi connectivity index (χ3n) is 4.10. The van der Waals surface area contributed by atoms with Gasteiger partial charge >= 0.3 is 11.9 Å². The van der Waals surface area contributed by atoms with Crippen LogP contribution in [0.15, 0.2) is 12.2 Å². The molecule has 0 amide bonds. The lowest BCUT2D eigenvalue weighted by molar-refractivity contribution is -0.144. The molecule has 0 radical (unpaired) electrons. The van der Waals surface area contributed by atoms with Gasteiger partial charge < -0.3 is 9.47 Å². The molecule has 0 bridgehead atoms. The van der Waals surface area contributed by atoms with Crippen LogP contribution >= 0.6 is 0 Å². The average molecular weight is 369 g/mol. The largest absolute Gasteiger partial charge is 0.466 e. The van der Waals surface area contributed by atoms with Gasteiger partial charge in [-0.2, -0.15) is 0 Å². The summed E-state index contributed by atoms with van der Waals surface area (Å²) in [7, 11) is 0. The number of rotatable bonds is 18. The topological polar surface area (TPSA) is 52.6 Å². The van der Waals surface area contributed by atoms with Crippen molar-refractivity contribution in [2.24, 2.45) is 0 Å². The van der Waals surface area contributed by atoms with Crippen molar-refractivity contribution in [3.05, 3.63) is 12.2 Å². The summed E-state index contributed by atoms with van der Waals surface area (Å²) in [5.41, 5.74) is 0. The van der Waals surface area contributed by atoms with Gasteiger partial charge in [-0.1, -0.05) is 58.1 Å². The molecule has 0 unspecified atom stereocenters. The molecule has 0 spiro atoms. The molecule has 0 atom stereocenters. The van der Waals surface area contributed by atoms with Gasteiger partial charge in [0, 0.05) is 12.8 Å². The third-order valence-corrected chi connectivity index (χ3v) is 4.10. The Morgan fingerprint density at radius 2 is 1.04 bits per heavy atom. The Hall–Kier alpha value is -1.32. The van der Waals surface area contributed by atoms with Gasteiger partial charge in [-0.05, 0) is 44.9 Å². The first kappa shape index (κ1) is 24.7. The quantitative estimate of drug-likeness (QED) is 0.166. The molecule has 0 aromatic carbocycles. The van der Waals surface area contributed by atoms with Crippen molar-refractivity contribution in [2.45, 2.75) is 104 Å². The fourth-order valence-corrected chi connectivity index (χ4v) is 2.59. The summed E-state index contributed by atoms with van der Waals surface area (Å²) in [6.07, 6.45) is 18.6. The average Bonchev–Trinajstić information content (AvgIpc) is 2.64. The monoisotopic (exact) mass is 368 g/mol. The van der Waals surface area contributed by atoms with E-state index in [9.17, 15) is 9.59 Å². The minimum absolute atomic E-state index is 0.0449. The zero-order valence-corrected chi connectivity index (χ0v) is 17.1. The van der Waals surface area contributed by atoms with E-state index in [1.807, 2.05) is 13.8 Å². The van der Waals surface area contributed by atoms with E-state index in [1.165, 1.54) is 32.1 Å². The molecular weight excluding hydrogens is 328 g/mol. The van der Waals surface area contributed by atoms with E-state index in [0.29, 0.717) is 26.1 Å². The molecule has 0 N–H and O–H groups in total. The van der Waals surface area contributed by atoms with E-state index in [4.69, 9.17) is 9.47 Å². The Kier molecular flexibility index (Phi) is 19.0. The van der Waals surface area contributed by atoms with Gasteiger partial charge in [-0.25, -0.2) is 0 Å². The Balaban J connectivity index is 3.23. The number of ether oxygens (including phenoxy) is 2. The van der Waals surface area contributed by atoms with E-state index in [0.717, 1.165) is 44.9 Å². The highest BCUT2D eigenvalue weighted by Crippen LogP contribution is 2.10. The molecule has 0 aromatic rings. The number of carbonyl (C=O) groups is 2. The van der Waals surface area contributed by atoms with E-state index in [2.05, 4.69) is 12.2 Å². The van der Waals surface area contributed by atoms with Crippen molar-refractivity contribution in [1.82, 2.24) is 0 Å². The molecule has 0 saturated heterocycles. The van der Waals surface area contributed by atoms with Crippen LogP contribution in [0.5, 0.6) is 0 Å². The SMILES string of the molecule is CCCOC(=O)CCC/C=C/CCCCCCCCCC(=O)OCCC. The summed E-state index contributed by atoms with van der Waals surface area (Å²) in [5, 5.41) is 0. The molecule has 0 saturated carbocycles. The van der Waals surface area contributed by atoms with Crippen molar-refractivity contribution in [3.63, 3.8) is 0 Å². The molecule has 152 valence electrons. The van der Waals surface area contributed by atoms with Crippen LogP contribution in [0.1, 0.15) is 104 Å². The van der Waals surface area contributed by atoms with Crippen LogP contribution in [-0.2, 0) is 19.1 Å². The van der Waals surface area contributed by atoms with Crippen LogP contribution in [0.25, 0.3) is 0 Å². The lowest BCUT2D eigenvalue weighted by Gasteiger charge is -2.03. The smallest absolute Gasteiger partial charge is 0.305 e. The molecule has 26 heavy (non-hydrogen) atoms. The number of unbranched alkanes of at least 4 members (excludes halogenated alkanes) is 8. The number of esters is 2. The molecule has 0 rings (SSSR count). The first-order chi connectivity index (χ1) is 12.7. The summed E-state index contributed by atoms with van der Waals surface area (Å²) >= 11 is 0. The molecule has 4 nitrogen and oxygen atoms in total.